The largest absolute Gasteiger partial charge is 0.480 e. The first-order chi connectivity index (χ1) is 7.57. The van der Waals surface area contributed by atoms with Gasteiger partial charge in [0, 0.05) is 5.69 Å². The van der Waals surface area contributed by atoms with Crippen LogP contribution in [0.25, 0.3) is 0 Å². The summed E-state index contributed by atoms with van der Waals surface area (Å²) in [6.07, 6.45) is 0. The van der Waals surface area contributed by atoms with Crippen LogP contribution in [0.5, 0.6) is 0 Å². The minimum atomic E-state index is -1.06. The first-order valence-corrected chi connectivity index (χ1v) is 4.88. The summed E-state index contributed by atoms with van der Waals surface area (Å²) in [7, 11) is 0. The van der Waals surface area contributed by atoms with Gasteiger partial charge < -0.3 is 10.8 Å². The molecule has 0 aliphatic carbocycles. The number of nitrogens with two attached hydrogens (primary N) is 1. The second-order valence-corrected chi connectivity index (χ2v) is 3.32. The minimum absolute atomic E-state index is 0.216. The molecule has 0 saturated heterocycles. The van der Waals surface area contributed by atoms with Crippen LogP contribution in [0.2, 0.25) is 0 Å². The van der Waals surface area contributed by atoms with Crippen molar-refractivity contribution in [2.75, 3.05) is 11.4 Å². The molecule has 1 unspecified atom stereocenters. The van der Waals surface area contributed by atoms with Crippen LogP contribution in [0.4, 0.5) is 5.69 Å². The molecule has 5 heteroatoms. The molecule has 0 saturated carbocycles. The number of carboxylic acids is 1. The summed E-state index contributed by atoms with van der Waals surface area (Å²) >= 11 is 0. The minimum Gasteiger partial charge on any atom is -0.480 e. The molecule has 0 radical (unpaired) electrons. The van der Waals surface area contributed by atoms with Crippen molar-refractivity contribution >= 4 is 17.6 Å². The van der Waals surface area contributed by atoms with Crippen LogP contribution in [-0.2, 0) is 9.59 Å². The fourth-order valence-corrected chi connectivity index (χ4v) is 1.38. The van der Waals surface area contributed by atoms with Gasteiger partial charge in [0.05, 0.1) is 6.54 Å². The highest BCUT2D eigenvalue weighted by molar-refractivity contribution is 5.99. The molecule has 1 aromatic carbocycles. The van der Waals surface area contributed by atoms with E-state index in [4.69, 9.17) is 10.8 Å². The SMILES string of the molecule is CC(C(=O)O)N(C(=O)CN)c1ccccc1. The van der Waals surface area contributed by atoms with Crippen LogP contribution in [0.1, 0.15) is 6.92 Å². The van der Waals surface area contributed by atoms with Crippen molar-refractivity contribution in [3.8, 4) is 0 Å². The number of rotatable bonds is 4. The van der Waals surface area contributed by atoms with Gasteiger partial charge in [-0.3, -0.25) is 9.69 Å². The molecule has 16 heavy (non-hydrogen) atoms. The normalized spacial score (nSPS) is 11.9. The molecule has 1 aromatic rings. The van der Waals surface area contributed by atoms with Gasteiger partial charge in [-0.05, 0) is 19.1 Å². The Morgan fingerprint density at radius 3 is 2.38 bits per heavy atom. The zero-order valence-corrected chi connectivity index (χ0v) is 8.96. The van der Waals surface area contributed by atoms with Crippen molar-refractivity contribution in [2.24, 2.45) is 5.73 Å². The van der Waals surface area contributed by atoms with Gasteiger partial charge in [0.15, 0.2) is 0 Å². The highest BCUT2D eigenvalue weighted by Gasteiger charge is 2.25. The summed E-state index contributed by atoms with van der Waals surface area (Å²) in [6.45, 7) is 1.23. The van der Waals surface area contributed by atoms with Crippen molar-refractivity contribution < 1.29 is 14.7 Å². The van der Waals surface area contributed by atoms with E-state index in [0.717, 1.165) is 0 Å². The average molecular weight is 222 g/mol. The number of carbonyl (C=O) groups excluding carboxylic acids is 1. The smallest absolute Gasteiger partial charge is 0.326 e. The van der Waals surface area contributed by atoms with Gasteiger partial charge in [-0.25, -0.2) is 4.79 Å². The van der Waals surface area contributed by atoms with Crippen LogP contribution in [0.15, 0.2) is 30.3 Å². The molecule has 0 heterocycles. The summed E-state index contributed by atoms with van der Waals surface area (Å²) in [6, 6.07) is 7.68. The van der Waals surface area contributed by atoms with E-state index >= 15 is 0 Å². The average Bonchev–Trinajstić information content (AvgIpc) is 2.30. The molecule has 1 rings (SSSR count). The van der Waals surface area contributed by atoms with Gasteiger partial charge in [-0.1, -0.05) is 18.2 Å². The number of carboxylic acid groups (broad SMARTS) is 1. The maximum absolute atomic E-state index is 11.6. The first kappa shape index (κ1) is 12.2. The Hall–Kier alpha value is -1.88. The Morgan fingerprint density at radius 2 is 1.94 bits per heavy atom. The summed E-state index contributed by atoms with van der Waals surface area (Å²) < 4.78 is 0. The predicted molar refractivity (Wildman–Crippen MR) is 60.1 cm³/mol. The van der Waals surface area contributed by atoms with E-state index in [1.807, 2.05) is 0 Å². The van der Waals surface area contributed by atoms with E-state index in [9.17, 15) is 9.59 Å². The quantitative estimate of drug-likeness (QED) is 0.774. The lowest BCUT2D eigenvalue weighted by molar-refractivity contribution is -0.139. The van der Waals surface area contributed by atoms with Crippen LogP contribution >= 0.6 is 0 Å². The summed E-state index contributed by atoms with van der Waals surface area (Å²) in [5.74, 6) is -1.48. The number of amides is 1. The third-order valence-electron chi connectivity index (χ3n) is 2.22. The first-order valence-electron chi connectivity index (χ1n) is 4.88. The molecule has 1 atom stereocenters. The molecule has 0 bridgehead atoms. The molecule has 0 fully saturated rings. The number of anilines is 1. The van der Waals surface area contributed by atoms with Crippen LogP contribution in [-0.4, -0.2) is 29.6 Å². The predicted octanol–water partition coefficient (Wildman–Crippen LogP) is 0.451. The zero-order chi connectivity index (χ0) is 12.1. The number of para-hydroxylation sites is 1. The van der Waals surface area contributed by atoms with E-state index in [0.29, 0.717) is 5.69 Å². The number of benzene rings is 1. The lowest BCUT2D eigenvalue weighted by atomic mass is 10.2. The van der Waals surface area contributed by atoms with Gasteiger partial charge in [-0.2, -0.15) is 0 Å². The molecule has 86 valence electrons. The molecule has 0 spiro atoms. The van der Waals surface area contributed by atoms with Gasteiger partial charge in [-0.15, -0.1) is 0 Å². The number of hydrogen-bond acceptors (Lipinski definition) is 3. The maximum atomic E-state index is 11.6. The van der Waals surface area contributed by atoms with Gasteiger partial charge >= 0.3 is 5.97 Å². The summed E-state index contributed by atoms with van der Waals surface area (Å²) in [5, 5.41) is 8.92. The third kappa shape index (κ3) is 2.58. The molecule has 0 aliphatic heterocycles. The Bertz CT molecular complexity index is 378. The molecular weight excluding hydrogens is 208 g/mol. The second-order valence-electron chi connectivity index (χ2n) is 3.32. The summed E-state index contributed by atoms with van der Waals surface area (Å²) in [4.78, 5) is 23.7. The number of hydrogen-bond donors (Lipinski definition) is 2. The van der Waals surface area contributed by atoms with E-state index in [1.54, 1.807) is 30.3 Å². The second kappa shape index (κ2) is 5.27. The number of nitrogens with zero attached hydrogens (tertiary/aromatic N) is 1. The third-order valence-corrected chi connectivity index (χ3v) is 2.22. The molecule has 1 amide bonds. The van der Waals surface area contributed by atoms with E-state index in [2.05, 4.69) is 0 Å². The standard InChI is InChI=1S/C11H14N2O3/c1-8(11(15)16)13(10(14)7-12)9-5-3-2-4-6-9/h2-6,8H,7,12H2,1H3,(H,15,16). The fraction of sp³-hybridized carbons (Fsp3) is 0.273. The lowest BCUT2D eigenvalue weighted by Gasteiger charge is -2.26. The van der Waals surface area contributed by atoms with Gasteiger partial charge in [0.1, 0.15) is 6.04 Å². The van der Waals surface area contributed by atoms with E-state index in [1.165, 1.54) is 11.8 Å². The Balaban J connectivity index is 3.06. The van der Waals surface area contributed by atoms with Crippen molar-refractivity contribution in [1.29, 1.82) is 0 Å². The van der Waals surface area contributed by atoms with E-state index < -0.39 is 17.9 Å². The number of aliphatic carboxylic acids is 1. The van der Waals surface area contributed by atoms with Crippen molar-refractivity contribution in [2.45, 2.75) is 13.0 Å². The molecule has 0 aromatic heterocycles. The highest BCUT2D eigenvalue weighted by atomic mass is 16.4. The Morgan fingerprint density at radius 1 is 1.38 bits per heavy atom. The zero-order valence-electron chi connectivity index (χ0n) is 8.96. The monoisotopic (exact) mass is 222 g/mol. The molecule has 0 aliphatic rings. The maximum Gasteiger partial charge on any atom is 0.326 e. The van der Waals surface area contributed by atoms with Crippen LogP contribution < -0.4 is 10.6 Å². The van der Waals surface area contributed by atoms with Crippen molar-refractivity contribution in [3.05, 3.63) is 30.3 Å². The Kier molecular flexibility index (Phi) is 4.02. The Labute approximate surface area is 93.5 Å². The number of carbonyl (C=O) groups is 2. The van der Waals surface area contributed by atoms with Gasteiger partial charge in [0.25, 0.3) is 0 Å². The van der Waals surface area contributed by atoms with Crippen molar-refractivity contribution in [3.63, 3.8) is 0 Å². The van der Waals surface area contributed by atoms with E-state index in [-0.39, 0.29) is 6.54 Å². The summed E-state index contributed by atoms with van der Waals surface area (Å²) in [5.41, 5.74) is 5.80. The molecule has 3 N–H and O–H groups in total. The fourth-order valence-electron chi connectivity index (χ4n) is 1.38. The molecule has 5 nitrogen and oxygen atoms in total. The van der Waals surface area contributed by atoms with Crippen LogP contribution in [0, 0.1) is 0 Å². The molecular formula is C11H14N2O3. The highest BCUT2D eigenvalue weighted by Crippen LogP contribution is 2.16. The van der Waals surface area contributed by atoms with Crippen molar-refractivity contribution in [1.82, 2.24) is 0 Å². The lowest BCUT2D eigenvalue weighted by Crippen LogP contribution is -2.46. The topological polar surface area (TPSA) is 83.6 Å². The van der Waals surface area contributed by atoms with Gasteiger partial charge in [0.2, 0.25) is 5.91 Å². The van der Waals surface area contributed by atoms with Crippen LogP contribution in [0.3, 0.4) is 0 Å².